The van der Waals surface area contributed by atoms with Gasteiger partial charge in [-0.1, -0.05) is 135 Å². The first kappa shape index (κ1) is 65.9. The molecule has 0 amide bonds. The number of nitrogens with two attached hydrogens (primary N) is 2. The van der Waals surface area contributed by atoms with E-state index in [1.807, 2.05) is 51.1 Å². The lowest BCUT2D eigenvalue weighted by Crippen LogP contribution is -2.41. The lowest BCUT2D eigenvalue weighted by atomic mass is 9.79. The number of hydrogen-bond acceptors (Lipinski definition) is 9. The second-order valence-corrected chi connectivity index (χ2v) is 24.6. The van der Waals surface area contributed by atoms with Gasteiger partial charge in [0, 0.05) is 72.5 Å². The molecule has 6 rings (SSSR count). The monoisotopic (exact) mass is 1090 g/mol. The first-order valence-corrected chi connectivity index (χ1v) is 30.2. The summed E-state index contributed by atoms with van der Waals surface area (Å²) < 4.78 is 16.6. The second-order valence-electron chi connectivity index (χ2n) is 23.5. The van der Waals surface area contributed by atoms with Crippen molar-refractivity contribution >= 4 is 29.2 Å². The minimum atomic E-state index is -0.488. The smallest absolute Gasteiger partial charge is 0.115 e. The molecule has 2 saturated heterocycles. The van der Waals surface area contributed by atoms with Crippen LogP contribution in [0, 0.1) is 37.0 Å². The summed E-state index contributed by atoms with van der Waals surface area (Å²) in [7, 11) is 4.13. The highest BCUT2D eigenvalue weighted by Crippen LogP contribution is 2.52. The van der Waals surface area contributed by atoms with E-state index in [0.29, 0.717) is 23.6 Å². The number of aryl methyl sites for hydroxylation is 3. The molecule has 8 N–H and O–H groups in total. The standard InChI is InChI=1S/C39H60FN5.C14H29N3.C14H17NS/c1-10-18-34(37(42-9)28(5)41)38-36(26-39(7,8)20-11-2)35(29(6)45-38)25-32(12-3)33-23-30(22-31(24-33)27-40)19-16-14-15-17-21-44-43-13-4;1-6-16(5)9-13-7-8-17(10-13)14(11(2)3)12(4)15;1-3-13-14(11-6-7-11)15(13)16-12-8-4-10(2)5-9-12/h10,12-13,18,22-25,28,42-45H,3-4,11,14-17,19-21,26-27,41H2,1-2,5-9H3;11,13-14H,4,6-10,15H2,1-3,5H3;3-5,8-9,11,13-14H,1,6-7H2,2H3/b18-10-,32-25+,37-34+;;. The number of hydrogen-bond donors (Lipinski definition) is 6. The van der Waals surface area contributed by atoms with Crippen molar-refractivity contribution in [3.63, 3.8) is 0 Å². The fraction of sp³-hybridized carbons (Fsp3) is 0.552. The maximum atomic E-state index is 14.1. The van der Waals surface area contributed by atoms with Gasteiger partial charge in [-0.25, -0.2) is 14.1 Å². The summed E-state index contributed by atoms with van der Waals surface area (Å²) >= 11 is 1.89. The molecule has 6 unspecified atom stereocenters. The number of halogens is 1. The first-order chi connectivity index (χ1) is 37.3. The van der Waals surface area contributed by atoms with E-state index < -0.39 is 6.67 Å². The molecule has 3 fully saturated rings. The highest BCUT2D eigenvalue weighted by molar-refractivity contribution is 7.97. The number of likely N-dealkylation sites (tertiary alicyclic amines) is 1. The predicted octanol–water partition coefficient (Wildman–Crippen LogP) is 14.5. The van der Waals surface area contributed by atoms with Crippen molar-refractivity contribution in [2.75, 3.05) is 46.8 Å². The molecule has 3 aliphatic rings. The molecule has 1 aromatic heterocycles. The Bertz CT molecular complexity index is 2420. The number of likely N-dealkylation sites (N-methyl/N-ethyl adjacent to an activating group) is 1. The van der Waals surface area contributed by atoms with Crippen LogP contribution in [0.4, 0.5) is 4.39 Å². The zero-order valence-electron chi connectivity index (χ0n) is 50.7. The predicted molar refractivity (Wildman–Crippen MR) is 339 cm³/mol. The van der Waals surface area contributed by atoms with Crippen molar-refractivity contribution in [2.24, 2.45) is 34.6 Å². The zero-order valence-corrected chi connectivity index (χ0v) is 51.5. The van der Waals surface area contributed by atoms with Gasteiger partial charge in [0.05, 0.1) is 17.8 Å². The van der Waals surface area contributed by atoms with E-state index in [9.17, 15) is 4.39 Å². The highest BCUT2D eigenvalue weighted by Gasteiger charge is 2.54. The van der Waals surface area contributed by atoms with Crippen LogP contribution in [0.1, 0.15) is 158 Å². The number of nitrogens with zero attached hydrogens (tertiary/aromatic N) is 3. The van der Waals surface area contributed by atoms with E-state index in [4.69, 9.17) is 11.5 Å². The number of allylic oxidation sites excluding steroid dienone is 5. The maximum absolute atomic E-state index is 14.1. The molecular weight excluding hydrogens is 982 g/mol. The van der Waals surface area contributed by atoms with Gasteiger partial charge in [0.2, 0.25) is 0 Å². The Morgan fingerprint density at radius 1 is 1.00 bits per heavy atom. The molecular formula is C67H106FN9S. The summed E-state index contributed by atoms with van der Waals surface area (Å²) in [5.74, 6) is 2.29. The van der Waals surface area contributed by atoms with Crippen molar-refractivity contribution in [1.82, 2.24) is 35.3 Å². The van der Waals surface area contributed by atoms with Crippen LogP contribution in [0.25, 0.3) is 17.2 Å². The molecule has 11 heteroatoms. The highest BCUT2D eigenvalue weighted by atomic mass is 32.2. The van der Waals surface area contributed by atoms with E-state index in [2.05, 4.69) is 179 Å². The molecule has 78 heavy (non-hydrogen) atoms. The lowest BCUT2D eigenvalue weighted by molar-refractivity contribution is 0.204. The quantitative estimate of drug-likeness (QED) is 0.00936. The second kappa shape index (κ2) is 33.2. The Morgan fingerprint density at radius 2 is 1.69 bits per heavy atom. The minimum Gasteiger partial charge on any atom is -0.401 e. The summed E-state index contributed by atoms with van der Waals surface area (Å²) in [6, 6.07) is 16.6. The molecule has 2 aromatic carbocycles. The normalized spacial score (nSPS) is 19.6. The lowest BCUT2D eigenvalue weighted by Gasteiger charge is -2.31. The maximum Gasteiger partial charge on any atom is 0.115 e. The minimum absolute atomic E-state index is 0.101. The van der Waals surface area contributed by atoms with Crippen LogP contribution in [0.3, 0.4) is 0 Å². The van der Waals surface area contributed by atoms with Crippen LogP contribution in [0.15, 0.2) is 116 Å². The number of aromatic nitrogens is 1. The number of unbranched alkanes of at least 4 members (excludes halogenated alkanes) is 3. The average Bonchev–Trinajstić information content (AvgIpc) is 4.34. The summed E-state index contributed by atoms with van der Waals surface area (Å²) in [5, 5.41) is 3.37. The summed E-state index contributed by atoms with van der Waals surface area (Å²) in [6.45, 7) is 42.7. The largest absolute Gasteiger partial charge is 0.401 e. The molecule has 3 heterocycles. The molecule has 432 valence electrons. The summed E-state index contributed by atoms with van der Waals surface area (Å²) in [4.78, 5) is 10.0. The third-order valence-corrected chi connectivity index (χ3v) is 16.8. The van der Waals surface area contributed by atoms with E-state index in [1.54, 1.807) is 6.20 Å². The molecule has 0 spiro atoms. The first-order valence-electron chi connectivity index (χ1n) is 29.5. The number of alkyl halides is 1. The van der Waals surface area contributed by atoms with Gasteiger partial charge in [0.15, 0.2) is 0 Å². The molecule has 2 aliphatic heterocycles. The van der Waals surface area contributed by atoms with Crippen molar-refractivity contribution in [3.8, 4) is 0 Å². The fourth-order valence-electron chi connectivity index (χ4n) is 11.4. The van der Waals surface area contributed by atoms with Gasteiger partial charge in [-0.05, 0) is 192 Å². The summed E-state index contributed by atoms with van der Waals surface area (Å²) in [5.41, 5.74) is 31.2. The van der Waals surface area contributed by atoms with E-state index in [-0.39, 0.29) is 11.5 Å². The zero-order chi connectivity index (χ0) is 57.5. The van der Waals surface area contributed by atoms with E-state index in [0.717, 1.165) is 127 Å². The Balaban J connectivity index is 0.000000318. The van der Waals surface area contributed by atoms with Gasteiger partial charge in [-0.2, -0.15) is 0 Å². The van der Waals surface area contributed by atoms with Crippen molar-refractivity contribution in [2.45, 2.75) is 176 Å². The van der Waals surface area contributed by atoms with Crippen molar-refractivity contribution in [1.29, 1.82) is 0 Å². The van der Waals surface area contributed by atoms with Gasteiger partial charge in [-0.3, -0.25) is 4.90 Å². The molecule has 0 radical (unpaired) electrons. The average molecular weight is 1090 g/mol. The van der Waals surface area contributed by atoms with Gasteiger partial charge in [0.25, 0.3) is 0 Å². The molecule has 0 bridgehead atoms. The van der Waals surface area contributed by atoms with E-state index in [1.165, 1.54) is 60.5 Å². The van der Waals surface area contributed by atoms with Crippen molar-refractivity contribution in [3.05, 3.63) is 155 Å². The van der Waals surface area contributed by atoms with Crippen molar-refractivity contribution < 1.29 is 4.39 Å². The third kappa shape index (κ3) is 20.5. The third-order valence-electron chi connectivity index (χ3n) is 15.6. The SMILES string of the molecule is C=C(N)C(C(C)C)N1CCC(CN(C)CC)C1.C=CC1C(C2CC2)N1Sc1ccc(C)cc1.C=CNNCCCCCCc1cc(CF)cc(/C(C=C)=C/c2c(C)[nH]c(C(/C=C\C)=C(/NC)C(C)N)c2CC(C)(C)CCC)c1. The fourth-order valence-corrected chi connectivity index (χ4v) is 12.6. The Labute approximate surface area is 479 Å². The topological polar surface area (TPSA) is 113 Å². The van der Waals surface area contributed by atoms with E-state index >= 15 is 0 Å². The molecule has 6 atom stereocenters. The van der Waals surface area contributed by atoms with Crippen LogP contribution in [0.2, 0.25) is 0 Å². The Hall–Kier alpha value is -4.62. The van der Waals surface area contributed by atoms with Crippen LogP contribution in [-0.2, 0) is 19.5 Å². The van der Waals surface area contributed by atoms with Gasteiger partial charge >= 0.3 is 0 Å². The number of H-pyrrole nitrogens is 1. The molecule has 9 nitrogen and oxygen atoms in total. The van der Waals surface area contributed by atoms with Gasteiger partial charge in [-0.15, -0.1) is 6.58 Å². The molecule has 3 aromatic rings. The van der Waals surface area contributed by atoms with Crippen LogP contribution in [-0.4, -0.2) is 90.1 Å². The molecule has 1 aliphatic carbocycles. The Kier molecular flexibility index (Phi) is 28.1. The number of benzene rings is 2. The number of rotatable bonds is 31. The molecule has 1 saturated carbocycles. The number of aromatic amines is 1. The summed E-state index contributed by atoms with van der Waals surface area (Å²) in [6.07, 6.45) is 24.7. The van der Waals surface area contributed by atoms with Crippen LogP contribution in [0.5, 0.6) is 0 Å². The number of nitrogens with one attached hydrogen (secondary N) is 4. The van der Waals surface area contributed by atoms with Gasteiger partial charge < -0.3 is 32.1 Å². The van der Waals surface area contributed by atoms with Crippen LogP contribution >= 0.6 is 11.9 Å². The van der Waals surface area contributed by atoms with Crippen LogP contribution < -0.4 is 27.6 Å². The Morgan fingerprint density at radius 3 is 2.26 bits per heavy atom. The number of hydrazine groups is 1. The van der Waals surface area contributed by atoms with Gasteiger partial charge in [0.1, 0.15) is 6.67 Å².